The molecule has 0 radical (unpaired) electrons. The maximum Gasteiger partial charge on any atom is 0.229 e. The Hall–Kier alpha value is -3.09. The van der Waals surface area contributed by atoms with E-state index in [-0.39, 0.29) is 11.4 Å². The van der Waals surface area contributed by atoms with E-state index in [9.17, 15) is 8.78 Å². The molecule has 2 aromatic carbocycles. The number of aryl methyl sites for hydroxylation is 1. The smallest absolute Gasteiger partial charge is 0.229 e. The van der Waals surface area contributed by atoms with Crippen LogP contribution in [0.5, 0.6) is 0 Å². The van der Waals surface area contributed by atoms with E-state index in [2.05, 4.69) is 4.98 Å². The lowest BCUT2D eigenvalue weighted by Crippen LogP contribution is -2.26. The SMILES string of the molecule is Cc1cc(F)cc(N(C)c2nc(=N)n(C=N)c3ccc(F)cc23)c1. The Morgan fingerprint density at radius 1 is 1.12 bits per heavy atom. The first-order valence-electron chi connectivity index (χ1n) is 7.18. The van der Waals surface area contributed by atoms with Gasteiger partial charge in [-0.2, -0.15) is 4.98 Å². The average Bonchev–Trinajstić information content (AvgIpc) is 2.53. The zero-order valence-electron chi connectivity index (χ0n) is 13.1. The quantitative estimate of drug-likeness (QED) is 0.572. The zero-order chi connectivity index (χ0) is 17.4. The highest BCUT2D eigenvalue weighted by Gasteiger charge is 2.15. The molecule has 0 fully saturated rings. The number of hydrogen-bond donors (Lipinski definition) is 2. The summed E-state index contributed by atoms with van der Waals surface area (Å²) in [5.74, 6) is -0.523. The Bertz CT molecular complexity index is 990. The largest absolute Gasteiger partial charge is 0.329 e. The van der Waals surface area contributed by atoms with Crippen LogP contribution in [-0.4, -0.2) is 22.9 Å². The summed E-state index contributed by atoms with van der Waals surface area (Å²) < 4.78 is 28.7. The van der Waals surface area contributed by atoms with Crippen molar-refractivity contribution in [1.29, 1.82) is 10.8 Å². The van der Waals surface area contributed by atoms with Crippen molar-refractivity contribution in [2.75, 3.05) is 11.9 Å². The molecule has 1 heterocycles. The van der Waals surface area contributed by atoms with E-state index in [1.165, 1.54) is 34.9 Å². The molecule has 0 atom stereocenters. The van der Waals surface area contributed by atoms with Crippen molar-refractivity contribution in [3.63, 3.8) is 0 Å². The van der Waals surface area contributed by atoms with Crippen molar-refractivity contribution >= 4 is 28.7 Å². The predicted octanol–water partition coefficient (Wildman–Crippen LogP) is 3.33. The Balaban J connectivity index is 2.31. The molecular formula is C17H15F2N5. The third-order valence-corrected chi connectivity index (χ3v) is 3.76. The highest BCUT2D eigenvalue weighted by molar-refractivity contribution is 5.94. The number of halogens is 2. The topological polar surface area (TPSA) is 68.8 Å². The minimum Gasteiger partial charge on any atom is -0.329 e. The molecule has 5 nitrogen and oxygen atoms in total. The summed E-state index contributed by atoms with van der Waals surface area (Å²) in [6.07, 6.45) is 0.950. The second kappa shape index (κ2) is 5.84. The minimum atomic E-state index is -0.455. The molecule has 3 rings (SSSR count). The molecule has 24 heavy (non-hydrogen) atoms. The molecule has 0 aliphatic rings. The van der Waals surface area contributed by atoms with E-state index < -0.39 is 5.82 Å². The van der Waals surface area contributed by atoms with Crippen LogP contribution in [-0.2, 0) is 0 Å². The second-order valence-electron chi connectivity index (χ2n) is 5.47. The lowest BCUT2D eigenvalue weighted by atomic mass is 10.1. The predicted molar refractivity (Wildman–Crippen MR) is 88.9 cm³/mol. The maximum atomic E-state index is 13.7. The normalized spacial score (nSPS) is 10.8. The molecule has 0 saturated carbocycles. The van der Waals surface area contributed by atoms with Crippen molar-refractivity contribution in [1.82, 2.24) is 9.55 Å². The number of aromatic nitrogens is 2. The molecule has 0 aliphatic heterocycles. The third-order valence-electron chi connectivity index (χ3n) is 3.76. The van der Waals surface area contributed by atoms with Gasteiger partial charge in [0.2, 0.25) is 5.62 Å². The summed E-state index contributed by atoms with van der Waals surface area (Å²) in [6, 6.07) is 8.58. The van der Waals surface area contributed by atoms with Gasteiger partial charge in [-0.25, -0.2) is 8.78 Å². The Morgan fingerprint density at radius 3 is 2.54 bits per heavy atom. The van der Waals surface area contributed by atoms with Gasteiger partial charge >= 0.3 is 0 Å². The van der Waals surface area contributed by atoms with Gasteiger partial charge in [-0.15, -0.1) is 0 Å². The van der Waals surface area contributed by atoms with Crippen LogP contribution in [0.2, 0.25) is 0 Å². The molecular weight excluding hydrogens is 312 g/mol. The number of benzene rings is 2. The molecule has 0 spiro atoms. The minimum absolute atomic E-state index is 0.168. The standard InChI is InChI=1S/C17H15F2N5/c1-10-5-12(19)7-13(6-10)23(2)16-14-8-11(18)3-4-15(14)24(9-20)17(21)22-16/h3-9,20-21H,1-2H3. The summed E-state index contributed by atoms with van der Waals surface area (Å²) in [5.41, 5.74) is 1.59. The summed E-state index contributed by atoms with van der Waals surface area (Å²) in [7, 11) is 1.68. The molecule has 7 heteroatoms. The van der Waals surface area contributed by atoms with Crippen molar-refractivity contribution < 1.29 is 8.78 Å². The van der Waals surface area contributed by atoms with Crippen LogP contribution in [0.4, 0.5) is 20.3 Å². The van der Waals surface area contributed by atoms with Crippen LogP contribution in [0.15, 0.2) is 36.4 Å². The van der Waals surface area contributed by atoms with E-state index >= 15 is 0 Å². The Kier molecular flexibility index (Phi) is 3.84. The fraction of sp³-hybridized carbons (Fsp3) is 0.118. The number of fused-ring (bicyclic) bond motifs is 1. The first-order valence-corrected chi connectivity index (χ1v) is 7.18. The number of hydrogen-bond acceptors (Lipinski definition) is 4. The molecule has 0 aliphatic carbocycles. The van der Waals surface area contributed by atoms with Gasteiger partial charge < -0.3 is 4.90 Å². The number of nitrogens with one attached hydrogen (secondary N) is 2. The maximum absolute atomic E-state index is 13.7. The Morgan fingerprint density at radius 2 is 1.88 bits per heavy atom. The fourth-order valence-electron chi connectivity index (χ4n) is 2.65. The Labute approximate surface area is 136 Å². The van der Waals surface area contributed by atoms with Crippen molar-refractivity contribution in [2.24, 2.45) is 0 Å². The average molecular weight is 327 g/mol. The summed E-state index contributed by atoms with van der Waals surface area (Å²) >= 11 is 0. The lowest BCUT2D eigenvalue weighted by Gasteiger charge is -2.21. The molecule has 0 bridgehead atoms. The number of rotatable bonds is 3. The number of anilines is 2. The van der Waals surface area contributed by atoms with Gasteiger partial charge in [-0.3, -0.25) is 15.4 Å². The van der Waals surface area contributed by atoms with Crippen LogP contribution < -0.4 is 10.5 Å². The summed E-state index contributed by atoms with van der Waals surface area (Å²) in [6.45, 7) is 1.77. The molecule has 0 amide bonds. The van der Waals surface area contributed by atoms with E-state index in [1.54, 1.807) is 24.9 Å². The molecule has 0 unspecified atom stereocenters. The third kappa shape index (κ3) is 2.64. The summed E-state index contributed by atoms with van der Waals surface area (Å²) in [4.78, 5) is 5.77. The van der Waals surface area contributed by atoms with Crippen LogP contribution in [0, 0.1) is 29.4 Å². The first kappa shape index (κ1) is 15.8. The van der Waals surface area contributed by atoms with E-state index in [4.69, 9.17) is 10.8 Å². The van der Waals surface area contributed by atoms with Crippen molar-refractivity contribution in [3.8, 4) is 0 Å². The molecule has 1 aromatic heterocycles. The van der Waals surface area contributed by atoms with Gasteiger partial charge in [-0.05, 0) is 48.9 Å². The molecule has 122 valence electrons. The van der Waals surface area contributed by atoms with Gasteiger partial charge in [-0.1, -0.05) is 0 Å². The number of nitrogens with zero attached hydrogens (tertiary/aromatic N) is 3. The molecule has 2 N–H and O–H groups in total. The second-order valence-corrected chi connectivity index (χ2v) is 5.47. The van der Waals surface area contributed by atoms with E-state index in [0.29, 0.717) is 22.4 Å². The van der Waals surface area contributed by atoms with E-state index in [1.807, 2.05) is 0 Å². The highest BCUT2D eigenvalue weighted by atomic mass is 19.1. The van der Waals surface area contributed by atoms with Gasteiger partial charge in [0.05, 0.1) is 11.9 Å². The van der Waals surface area contributed by atoms with Crippen molar-refractivity contribution in [3.05, 3.63) is 59.2 Å². The van der Waals surface area contributed by atoms with Gasteiger partial charge in [0, 0.05) is 18.1 Å². The first-order chi connectivity index (χ1) is 11.4. The van der Waals surface area contributed by atoms with Crippen LogP contribution >= 0.6 is 0 Å². The van der Waals surface area contributed by atoms with Gasteiger partial charge in [0.25, 0.3) is 0 Å². The highest BCUT2D eigenvalue weighted by Crippen LogP contribution is 2.29. The van der Waals surface area contributed by atoms with Crippen LogP contribution in [0.25, 0.3) is 10.9 Å². The molecule has 3 aromatic rings. The zero-order valence-corrected chi connectivity index (χ0v) is 13.1. The van der Waals surface area contributed by atoms with Gasteiger partial charge in [0.15, 0.2) is 0 Å². The monoisotopic (exact) mass is 327 g/mol. The van der Waals surface area contributed by atoms with Crippen LogP contribution in [0.1, 0.15) is 5.56 Å². The lowest BCUT2D eigenvalue weighted by molar-refractivity contribution is 0.626. The van der Waals surface area contributed by atoms with Crippen LogP contribution in [0.3, 0.4) is 0 Å². The summed E-state index contributed by atoms with van der Waals surface area (Å²) in [5, 5.41) is 15.9. The fourth-order valence-corrected chi connectivity index (χ4v) is 2.65. The van der Waals surface area contributed by atoms with E-state index in [0.717, 1.165) is 11.9 Å². The van der Waals surface area contributed by atoms with Gasteiger partial charge in [0.1, 0.15) is 17.5 Å². The van der Waals surface area contributed by atoms with Crippen molar-refractivity contribution in [2.45, 2.75) is 6.92 Å². The molecule has 0 saturated heterocycles.